The zero-order valence-electron chi connectivity index (χ0n) is 12.1. The first-order valence-electron chi connectivity index (χ1n) is 7.58. The average molecular weight is 296 g/mol. The number of likely N-dealkylation sites (tertiary alicyclic amines) is 1. The van der Waals surface area contributed by atoms with Crippen molar-refractivity contribution in [1.82, 2.24) is 0 Å². The van der Waals surface area contributed by atoms with Gasteiger partial charge in [0.2, 0.25) is 0 Å². The number of amides is 1. The van der Waals surface area contributed by atoms with Crippen molar-refractivity contribution in [2.45, 2.75) is 45.1 Å². The molecular weight excluding hydrogens is 272 g/mol. The lowest BCUT2D eigenvalue weighted by Crippen LogP contribution is -3.16. The first-order valence-corrected chi connectivity index (χ1v) is 7.95. The van der Waals surface area contributed by atoms with Gasteiger partial charge >= 0.3 is 0 Å². The van der Waals surface area contributed by atoms with Crippen LogP contribution in [0, 0.1) is 0 Å². The normalized spacial score (nSPS) is 18.9. The Morgan fingerprint density at radius 2 is 1.85 bits per heavy atom. The highest BCUT2D eigenvalue weighted by Crippen LogP contribution is 2.14. The predicted molar refractivity (Wildman–Crippen MR) is 83.3 cm³/mol. The Morgan fingerprint density at radius 3 is 2.50 bits per heavy atom. The molecule has 0 bridgehead atoms. The standard InChI is InChI=1S/C16H23ClN2O/c1-13(19-10-5-3-2-4-6-11-19)16(20)18-15-9-7-8-14(17)12-15/h7-9,12-13H,2-6,10-11H2,1H3,(H,18,20)/p+1/t13-/m0/s1. The van der Waals surface area contributed by atoms with Crippen LogP contribution in [0.5, 0.6) is 0 Å². The van der Waals surface area contributed by atoms with E-state index in [-0.39, 0.29) is 11.9 Å². The fraction of sp³-hybridized carbons (Fsp3) is 0.562. The third kappa shape index (κ3) is 4.50. The van der Waals surface area contributed by atoms with Gasteiger partial charge in [0, 0.05) is 10.7 Å². The largest absolute Gasteiger partial charge is 0.325 e. The molecule has 0 aromatic heterocycles. The van der Waals surface area contributed by atoms with Crippen molar-refractivity contribution in [2.75, 3.05) is 18.4 Å². The fourth-order valence-corrected chi connectivity index (χ4v) is 2.98. The third-order valence-electron chi connectivity index (χ3n) is 4.09. The summed E-state index contributed by atoms with van der Waals surface area (Å²) in [5, 5.41) is 3.62. The Labute approximate surface area is 126 Å². The van der Waals surface area contributed by atoms with Crippen molar-refractivity contribution in [2.24, 2.45) is 0 Å². The average Bonchev–Trinajstić information content (AvgIpc) is 2.37. The van der Waals surface area contributed by atoms with Gasteiger partial charge in [-0.3, -0.25) is 4.79 Å². The highest BCUT2D eigenvalue weighted by Gasteiger charge is 2.25. The molecular formula is C16H24ClN2O+. The summed E-state index contributed by atoms with van der Waals surface area (Å²) in [6.45, 7) is 4.23. The van der Waals surface area contributed by atoms with E-state index in [1.165, 1.54) is 37.0 Å². The number of carbonyl (C=O) groups excluding carboxylic acids is 1. The van der Waals surface area contributed by atoms with Crippen molar-refractivity contribution in [3.63, 3.8) is 0 Å². The minimum absolute atomic E-state index is 0.00733. The van der Waals surface area contributed by atoms with Crippen LogP contribution >= 0.6 is 11.6 Å². The van der Waals surface area contributed by atoms with E-state index in [0.717, 1.165) is 18.8 Å². The minimum Gasteiger partial charge on any atom is -0.325 e. The SMILES string of the molecule is C[C@@H](C(=O)Nc1cccc(Cl)c1)[NH+]1CCCCCCC1. The molecule has 0 aliphatic carbocycles. The van der Waals surface area contributed by atoms with E-state index < -0.39 is 0 Å². The summed E-state index contributed by atoms with van der Waals surface area (Å²) >= 11 is 5.94. The van der Waals surface area contributed by atoms with Gasteiger partial charge in [0.25, 0.3) is 5.91 Å². The second-order valence-corrected chi connectivity index (χ2v) is 6.08. The molecule has 1 aromatic carbocycles. The molecule has 3 nitrogen and oxygen atoms in total. The maximum atomic E-state index is 12.3. The monoisotopic (exact) mass is 295 g/mol. The quantitative estimate of drug-likeness (QED) is 0.883. The number of rotatable bonds is 3. The Kier molecular flexibility index (Phi) is 5.86. The zero-order valence-corrected chi connectivity index (χ0v) is 12.9. The lowest BCUT2D eigenvalue weighted by molar-refractivity contribution is -0.914. The van der Waals surface area contributed by atoms with Crippen LogP contribution in [0.25, 0.3) is 0 Å². The Bertz CT molecular complexity index is 442. The molecule has 2 rings (SSSR count). The van der Waals surface area contributed by atoms with Gasteiger partial charge in [-0.2, -0.15) is 0 Å². The smallest absolute Gasteiger partial charge is 0.282 e. The second-order valence-electron chi connectivity index (χ2n) is 5.65. The lowest BCUT2D eigenvalue weighted by Gasteiger charge is -2.26. The molecule has 1 fully saturated rings. The topological polar surface area (TPSA) is 33.5 Å². The van der Waals surface area contributed by atoms with Crippen LogP contribution in [0.4, 0.5) is 5.69 Å². The molecule has 1 saturated heterocycles. The molecule has 0 spiro atoms. The van der Waals surface area contributed by atoms with Gasteiger partial charge in [0.15, 0.2) is 6.04 Å². The highest BCUT2D eigenvalue weighted by atomic mass is 35.5. The molecule has 1 aliphatic heterocycles. The molecule has 0 unspecified atom stereocenters. The van der Waals surface area contributed by atoms with Crippen LogP contribution in [0.2, 0.25) is 5.02 Å². The van der Waals surface area contributed by atoms with Gasteiger partial charge in [0.05, 0.1) is 13.1 Å². The van der Waals surface area contributed by atoms with Gasteiger partial charge in [-0.1, -0.05) is 24.1 Å². The van der Waals surface area contributed by atoms with E-state index in [1.807, 2.05) is 25.1 Å². The van der Waals surface area contributed by atoms with Gasteiger partial charge < -0.3 is 10.2 Å². The molecule has 1 heterocycles. The molecule has 2 N–H and O–H groups in total. The van der Waals surface area contributed by atoms with Gasteiger partial charge in [-0.05, 0) is 50.8 Å². The molecule has 110 valence electrons. The Balaban J connectivity index is 1.93. The number of halogens is 1. The predicted octanol–water partition coefficient (Wildman–Crippen LogP) is 2.52. The number of quaternary nitrogens is 1. The maximum absolute atomic E-state index is 12.3. The number of hydrogen-bond donors (Lipinski definition) is 2. The van der Waals surface area contributed by atoms with Crippen LogP contribution in [-0.4, -0.2) is 25.0 Å². The van der Waals surface area contributed by atoms with Gasteiger partial charge in [-0.15, -0.1) is 0 Å². The van der Waals surface area contributed by atoms with Crippen LogP contribution in [0.15, 0.2) is 24.3 Å². The van der Waals surface area contributed by atoms with E-state index in [0.29, 0.717) is 5.02 Å². The molecule has 1 atom stereocenters. The second kappa shape index (κ2) is 7.65. The Hall–Kier alpha value is -1.06. The summed E-state index contributed by atoms with van der Waals surface area (Å²) in [7, 11) is 0. The summed E-state index contributed by atoms with van der Waals surface area (Å²) in [6.07, 6.45) is 6.39. The van der Waals surface area contributed by atoms with E-state index in [4.69, 9.17) is 11.6 Å². The van der Waals surface area contributed by atoms with E-state index in [1.54, 1.807) is 6.07 Å². The number of hydrogen-bond acceptors (Lipinski definition) is 1. The van der Waals surface area contributed by atoms with E-state index in [9.17, 15) is 4.79 Å². The van der Waals surface area contributed by atoms with E-state index >= 15 is 0 Å². The minimum atomic E-state index is -0.00733. The molecule has 1 aliphatic rings. The van der Waals surface area contributed by atoms with Crippen LogP contribution in [0.1, 0.15) is 39.0 Å². The fourth-order valence-electron chi connectivity index (χ4n) is 2.79. The molecule has 1 amide bonds. The molecule has 0 radical (unpaired) electrons. The van der Waals surface area contributed by atoms with Crippen molar-refractivity contribution >= 4 is 23.2 Å². The van der Waals surface area contributed by atoms with Crippen LogP contribution < -0.4 is 10.2 Å². The van der Waals surface area contributed by atoms with Crippen molar-refractivity contribution < 1.29 is 9.69 Å². The molecule has 0 saturated carbocycles. The number of benzene rings is 1. The number of carbonyl (C=O) groups is 1. The van der Waals surface area contributed by atoms with Crippen molar-refractivity contribution in [3.8, 4) is 0 Å². The first kappa shape index (κ1) is 15.3. The first-order chi connectivity index (χ1) is 9.66. The van der Waals surface area contributed by atoms with Crippen molar-refractivity contribution in [3.05, 3.63) is 29.3 Å². The van der Waals surface area contributed by atoms with Gasteiger partial charge in [-0.25, -0.2) is 0 Å². The van der Waals surface area contributed by atoms with Gasteiger partial charge in [0.1, 0.15) is 0 Å². The summed E-state index contributed by atoms with van der Waals surface area (Å²) < 4.78 is 0. The number of nitrogens with one attached hydrogen (secondary N) is 2. The molecule has 4 heteroatoms. The van der Waals surface area contributed by atoms with Crippen LogP contribution in [-0.2, 0) is 4.79 Å². The maximum Gasteiger partial charge on any atom is 0.282 e. The summed E-state index contributed by atoms with van der Waals surface area (Å²) in [5.74, 6) is 0.0860. The summed E-state index contributed by atoms with van der Waals surface area (Å²) in [6, 6.07) is 7.32. The molecule has 20 heavy (non-hydrogen) atoms. The van der Waals surface area contributed by atoms with Crippen molar-refractivity contribution in [1.29, 1.82) is 0 Å². The Morgan fingerprint density at radius 1 is 1.20 bits per heavy atom. The van der Waals surface area contributed by atoms with E-state index in [2.05, 4.69) is 5.32 Å². The highest BCUT2D eigenvalue weighted by molar-refractivity contribution is 6.30. The third-order valence-corrected chi connectivity index (χ3v) is 4.33. The van der Waals surface area contributed by atoms with Crippen LogP contribution in [0.3, 0.4) is 0 Å². The molecule has 1 aromatic rings. The zero-order chi connectivity index (χ0) is 14.4. The summed E-state index contributed by atoms with van der Waals surface area (Å²) in [5.41, 5.74) is 0.779. The summed E-state index contributed by atoms with van der Waals surface area (Å²) in [4.78, 5) is 13.8. The lowest BCUT2D eigenvalue weighted by atomic mass is 10.1. The number of anilines is 1.